The van der Waals surface area contributed by atoms with Gasteiger partial charge >= 0.3 is 0 Å². The lowest BCUT2D eigenvalue weighted by Crippen LogP contribution is -2.43. The summed E-state index contributed by atoms with van der Waals surface area (Å²) in [5.41, 5.74) is 6.26. The normalized spacial score (nSPS) is 16.5. The van der Waals surface area contributed by atoms with Crippen molar-refractivity contribution >= 4 is 18.3 Å². The van der Waals surface area contributed by atoms with E-state index in [9.17, 15) is 4.79 Å². The van der Waals surface area contributed by atoms with Crippen molar-refractivity contribution in [2.75, 3.05) is 0 Å². The Kier molecular flexibility index (Phi) is 4.83. The fraction of sp³-hybridized carbons (Fsp3) is 0.400. The zero-order valence-electron chi connectivity index (χ0n) is 12.3. The Morgan fingerprint density at radius 3 is 2.73 bits per heavy atom. The molecule has 1 saturated carbocycles. The van der Waals surface area contributed by atoms with Gasteiger partial charge in [0.25, 0.3) is 0 Å². The van der Waals surface area contributed by atoms with Crippen LogP contribution >= 0.6 is 12.4 Å². The molecule has 3 rings (SSSR count). The molecule has 1 heterocycles. The smallest absolute Gasteiger partial charge is 0.240 e. The van der Waals surface area contributed by atoms with Gasteiger partial charge in [0.05, 0.1) is 18.0 Å². The van der Waals surface area contributed by atoms with Crippen molar-refractivity contribution in [3.63, 3.8) is 0 Å². The topological polar surface area (TPSA) is 94.0 Å². The van der Waals surface area contributed by atoms with Crippen LogP contribution in [0.15, 0.2) is 34.9 Å². The lowest BCUT2D eigenvalue weighted by Gasteiger charge is -2.13. The second-order valence-electron chi connectivity index (χ2n) is 5.56. The highest BCUT2D eigenvalue weighted by Crippen LogP contribution is 2.32. The maximum Gasteiger partial charge on any atom is 0.240 e. The molecule has 7 heteroatoms. The molecule has 3 N–H and O–H groups in total. The number of hydrogen-bond donors (Lipinski definition) is 2. The maximum absolute atomic E-state index is 11.9. The molecule has 1 atom stereocenters. The number of nitrogens with one attached hydrogen (secondary N) is 1. The van der Waals surface area contributed by atoms with E-state index in [1.54, 1.807) is 0 Å². The molecule has 0 spiro atoms. The zero-order chi connectivity index (χ0) is 14.9. The largest absolute Gasteiger partial charge is 0.345 e. The van der Waals surface area contributed by atoms with Crippen molar-refractivity contribution in [3.05, 3.63) is 47.6 Å². The summed E-state index contributed by atoms with van der Waals surface area (Å²) in [6.45, 7) is 1.82. The van der Waals surface area contributed by atoms with Gasteiger partial charge in [0.2, 0.25) is 11.8 Å². The second-order valence-corrected chi connectivity index (χ2v) is 5.56. The quantitative estimate of drug-likeness (QED) is 0.874. The van der Waals surface area contributed by atoms with Crippen LogP contribution in [-0.4, -0.2) is 21.6 Å². The van der Waals surface area contributed by atoms with Gasteiger partial charge in [0.15, 0.2) is 5.82 Å². The van der Waals surface area contributed by atoms with Crippen molar-refractivity contribution in [2.45, 2.75) is 37.8 Å². The van der Waals surface area contributed by atoms with E-state index < -0.39 is 5.54 Å². The van der Waals surface area contributed by atoms with Crippen LogP contribution in [0.4, 0.5) is 0 Å². The van der Waals surface area contributed by atoms with E-state index in [2.05, 4.69) is 15.5 Å². The van der Waals surface area contributed by atoms with Crippen molar-refractivity contribution in [3.8, 4) is 0 Å². The molecule has 2 aromatic rings. The van der Waals surface area contributed by atoms with E-state index in [-0.39, 0.29) is 24.4 Å². The minimum atomic E-state index is -0.690. The van der Waals surface area contributed by atoms with Crippen molar-refractivity contribution < 1.29 is 9.32 Å². The van der Waals surface area contributed by atoms with Crippen LogP contribution in [0.5, 0.6) is 0 Å². The van der Waals surface area contributed by atoms with E-state index >= 15 is 0 Å². The van der Waals surface area contributed by atoms with Gasteiger partial charge in [-0.25, -0.2) is 0 Å². The molecular weight excluding hydrogens is 304 g/mol. The summed E-state index contributed by atoms with van der Waals surface area (Å²) in [7, 11) is 0. The summed E-state index contributed by atoms with van der Waals surface area (Å²) in [4.78, 5) is 16.2. The van der Waals surface area contributed by atoms with Gasteiger partial charge in [-0.2, -0.15) is 4.98 Å². The number of benzene rings is 1. The van der Waals surface area contributed by atoms with E-state index in [1.165, 1.54) is 0 Å². The SMILES string of the molecule is CC(NC(=O)C1(N)CC1)c1noc(Cc2ccccc2)n1.Cl. The van der Waals surface area contributed by atoms with E-state index in [0.29, 0.717) is 18.1 Å². The van der Waals surface area contributed by atoms with Crippen LogP contribution < -0.4 is 11.1 Å². The van der Waals surface area contributed by atoms with Crippen LogP contribution in [0.2, 0.25) is 0 Å². The Morgan fingerprint density at radius 2 is 2.09 bits per heavy atom. The summed E-state index contributed by atoms with van der Waals surface area (Å²) >= 11 is 0. The van der Waals surface area contributed by atoms with Gasteiger partial charge in [-0.3, -0.25) is 4.79 Å². The van der Waals surface area contributed by atoms with Gasteiger partial charge in [-0.1, -0.05) is 35.5 Å². The first-order chi connectivity index (χ1) is 10.1. The van der Waals surface area contributed by atoms with E-state index in [0.717, 1.165) is 18.4 Å². The number of carbonyl (C=O) groups is 1. The first-order valence-corrected chi connectivity index (χ1v) is 7.03. The molecule has 1 fully saturated rings. The molecule has 0 saturated heterocycles. The highest BCUT2D eigenvalue weighted by molar-refractivity contribution is 5.89. The molecule has 1 aliphatic carbocycles. The summed E-state index contributed by atoms with van der Waals surface area (Å²) < 4.78 is 5.23. The molecule has 0 bridgehead atoms. The third kappa shape index (κ3) is 3.64. The molecule has 1 aliphatic rings. The Hall–Kier alpha value is -1.92. The lowest BCUT2D eigenvalue weighted by molar-refractivity contribution is -0.123. The molecule has 6 nitrogen and oxygen atoms in total. The first-order valence-electron chi connectivity index (χ1n) is 7.03. The molecule has 1 aromatic carbocycles. The molecule has 1 aromatic heterocycles. The van der Waals surface area contributed by atoms with Crippen molar-refractivity contribution in [1.82, 2.24) is 15.5 Å². The van der Waals surface area contributed by atoms with Gasteiger partial charge < -0.3 is 15.6 Å². The number of rotatable bonds is 5. The molecule has 118 valence electrons. The number of amides is 1. The third-order valence-corrected chi connectivity index (χ3v) is 3.66. The van der Waals surface area contributed by atoms with Crippen LogP contribution in [-0.2, 0) is 11.2 Å². The second kappa shape index (κ2) is 6.46. The number of nitrogens with two attached hydrogens (primary N) is 1. The summed E-state index contributed by atoms with van der Waals surface area (Å²) in [6, 6.07) is 9.57. The van der Waals surface area contributed by atoms with Gasteiger partial charge in [-0.05, 0) is 25.3 Å². The molecule has 1 unspecified atom stereocenters. The monoisotopic (exact) mass is 322 g/mol. The van der Waals surface area contributed by atoms with Gasteiger partial charge in [-0.15, -0.1) is 12.4 Å². The number of halogens is 1. The Balaban J connectivity index is 0.00000176. The molecule has 1 amide bonds. The summed E-state index contributed by atoms with van der Waals surface area (Å²) in [5.74, 6) is 0.856. The summed E-state index contributed by atoms with van der Waals surface area (Å²) in [5, 5.41) is 6.75. The highest BCUT2D eigenvalue weighted by Gasteiger charge is 2.46. The Morgan fingerprint density at radius 1 is 1.41 bits per heavy atom. The Labute approximate surface area is 134 Å². The number of carbonyl (C=O) groups excluding carboxylic acids is 1. The zero-order valence-corrected chi connectivity index (χ0v) is 13.1. The van der Waals surface area contributed by atoms with Gasteiger partial charge in [0, 0.05) is 0 Å². The van der Waals surface area contributed by atoms with Crippen molar-refractivity contribution in [1.29, 1.82) is 0 Å². The predicted molar refractivity (Wildman–Crippen MR) is 83.5 cm³/mol. The fourth-order valence-corrected chi connectivity index (χ4v) is 2.05. The van der Waals surface area contributed by atoms with Crippen LogP contribution in [0.1, 0.15) is 43.1 Å². The van der Waals surface area contributed by atoms with E-state index in [4.69, 9.17) is 10.3 Å². The first kappa shape index (κ1) is 16.5. The summed E-state index contributed by atoms with van der Waals surface area (Å²) in [6.07, 6.45) is 2.05. The van der Waals surface area contributed by atoms with E-state index in [1.807, 2.05) is 37.3 Å². The number of hydrogen-bond acceptors (Lipinski definition) is 5. The Bertz CT molecular complexity index is 640. The van der Waals surface area contributed by atoms with Crippen LogP contribution in [0.3, 0.4) is 0 Å². The highest BCUT2D eigenvalue weighted by atomic mass is 35.5. The fourth-order valence-electron chi connectivity index (χ4n) is 2.05. The average Bonchev–Trinajstić information content (AvgIpc) is 3.06. The minimum Gasteiger partial charge on any atom is -0.345 e. The third-order valence-electron chi connectivity index (χ3n) is 3.66. The number of aromatic nitrogens is 2. The average molecular weight is 323 g/mol. The molecular formula is C15H19ClN4O2. The molecule has 0 aliphatic heterocycles. The molecule has 22 heavy (non-hydrogen) atoms. The number of nitrogens with zero attached hydrogens (tertiary/aromatic N) is 2. The van der Waals surface area contributed by atoms with Crippen molar-refractivity contribution in [2.24, 2.45) is 5.73 Å². The van der Waals surface area contributed by atoms with Crippen LogP contribution in [0.25, 0.3) is 0 Å². The standard InChI is InChI=1S/C15H18N4O2.ClH/c1-10(17-14(20)15(16)7-8-15)13-18-12(21-19-13)9-11-5-3-2-4-6-11;/h2-6,10H,7-9,16H2,1H3,(H,17,20);1H. The minimum absolute atomic E-state index is 0. The lowest BCUT2D eigenvalue weighted by atomic mass is 10.1. The predicted octanol–water partition coefficient (Wildman–Crippen LogP) is 1.75. The molecule has 0 radical (unpaired) electrons. The van der Waals surface area contributed by atoms with Gasteiger partial charge in [0.1, 0.15) is 0 Å². The van der Waals surface area contributed by atoms with Crippen LogP contribution in [0, 0.1) is 0 Å². The maximum atomic E-state index is 11.9.